The highest BCUT2D eigenvalue weighted by Gasteiger charge is 2.26. The lowest BCUT2D eigenvalue weighted by Crippen LogP contribution is -2.40. The number of amides is 1. The van der Waals surface area contributed by atoms with Crippen LogP contribution in [0.25, 0.3) is 17.0 Å². The molecule has 1 fully saturated rings. The van der Waals surface area contributed by atoms with Crippen LogP contribution in [0.1, 0.15) is 32.6 Å². The lowest BCUT2D eigenvalue weighted by atomic mass is 10.1. The van der Waals surface area contributed by atoms with E-state index in [1.54, 1.807) is 12.1 Å². The molecule has 3 aromatic rings. The Morgan fingerprint density at radius 3 is 2.62 bits per heavy atom. The maximum Gasteiger partial charge on any atom is 0.236 e. The maximum atomic E-state index is 13.6. The topological polar surface area (TPSA) is 63.4 Å². The van der Waals surface area contributed by atoms with E-state index < -0.39 is 11.6 Å². The quantitative estimate of drug-likeness (QED) is 0.588. The van der Waals surface area contributed by atoms with Gasteiger partial charge in [0.2, 0.25) is 5.91 Å². The first kappa shape index (κ1) is 19.8. The van der Waals surface area contributed by atoms with Crippen molar-refractivity contribution in [2.24, 2.45) is 0 Å². The Balaban J connectivity index is 1.60. The van der Waals surface area contributed by atoms with Gasteiger partial charge in [0.15, 0.2) is 23.1 Å². The average molecular weight is 417 g/mol. The van der Waals surface area contributed by atoms with Crippen molar-refractivity contribution in [1.82, 2.24) is 24.7 Å². The van der Waals surface area contributed by atoms with E-state index in [-0.39, 0.29) is 11.2 Å². The summed E-state index contributed by atoms with van der Waals surface area (Å²) >= 11 is 1.41. The minimum atomic E-state index is -0.956. The Hall–Kier alpha value is -2.55. The molecule has 6 nitrogen and oxygen atoms in total. The number of fused-ring (bicyclic) bond motifs is 1. The molecule has 1 saturated heterocycles. The van der Waals surface area contributed by atoms with Crippen molar-refractivity contribution >= 4 is 23.3 Å². The van der Waals surface area contributed by atoms with Crippen LogP contribution in [0.15, 0.2) is 35.4 Å². The molecular formula is C20H21F2N5OS. The lowest BCUT2D eigenvalue weighted by molar-refractivity contribution is -0.131. The Morgan fingerprint density at radius 2 is 1.90 bits per heavy atom. The molecule has 1 amide bonds. The van der Waals surface area contributed by atoms with Crippen LogP contribution in [0.2, 0.25) is 0 Å². The van der Waals surface area contributed by atoms with Gasteiger partial charge in [-0.2, -0.15) is 9.61 Å². The van der Waals surface area contributed by atoms with Gasteiger partial charge in [0.25, 0.3) is 0 Å². The number of carbonyl (C=O) groups excluding carboxylic acids is 1. The Labute approximate surface area is 171 Å². The fourth-order valence-corrected chi connectivity index (χ4v) is 4.41. The highest BCUT2D eigenvalue weighted by molar-refractivity contribution is 8.00. The second-order valence-electron chi connectivity index (χ2n) is 6.99. The third kappa shape index (κ3) is 4.10. The highest BCUT2D eigenvalue weighted by atomic mass is 32.2. The van der Waals surface area contributed by atoms with Crippen LogP contribution in [0.4, 0.5) is 8.78 Å². The Kier molecular flexibility index (Phi) is 5.75. The number of benzene rings is 1. The number of carbonyl (C=O) groups is 1. The largest absolute Gasteiger partial charge is 0.342 e. The number of rotatable bonds is 5. The second kappa shape index (κ2) is 8.44. The highest BCUT2D eigenvalue weighted by Crippen LogP contribution is 2.28. The molecule has 0 aliphatic carbocycles. The number of likely N-dealkylation sites (tertiary alicyclic amines) is 1. The summed E-state index contributed by atoms with van der Waals surface area (Å²) < 4.78 is 28.4. The fourth-order valence-electron chi connectivity index (χ4n) is 3.42. The molecule has 0 radical (unpaired) electrons. The third-order valence-corrected chi connectivity index (χ3v) is 6.27. The molecule has 9 heteroatoms. The van der Waals surface area contributed by atoms with E-state index in [1.165, 1.54) is 28.8 Å². The first-order valence-corrected chi connectivity index (χ1v) is 10.6. The van der Waals surface area contributed by atoms with E-state index in [1.807, 2.05) is 11.8 Å². The maximum absolute atomic E-state index is 13.6. The molecule has 2 aromatic heterocycles. The van der Waals surface area contributed by atoms with Crippen LogP contribution >= 0.6 is 11.8 Å². The smallest absolute Gasteiger partial charge is 0.236 e. The summed E-state index contributed by atoms with van der Waals surface area (Å²) in [5, 5.41) is 13.1. The summed E-state index contributed by atoms with van der Waals surface area (Å²) in [6, 6.07) is 7.11. The van der Waals surface area contributed by atoms with Crippen LogP contribution in [-0.2, 0) is 4.79 Å². The van der Waals surface area contributed by atoms with E-state index in [9.17, 15) is 13.6 Å². The molecule has 152 valence electrons. The zero-order valence-electron chi connectivity index (χ0n) is 16.0. The van der Waals surface area contributed by atoms with Crippen LogP contribution in [-0.4, -0.2) is 49.0 Å². The van der Waals surface area contributed by atoms with Crippen molar-refractivity contribution in [2.45, 2.75) is 42.9 Å². The molecular weight excluding hydrogens is 396 g/mol. The Morgan fingerprint density at radius 1 is 1.10 bits per heavy atom. The van der Waals surface area contributed by atoms with Crippen molar-refractivity contribution in [3.05, 3.63) is 42.0 Å². The van der Waals surface area contributed by atoms with Crippen molar-refractivity contribution < 1.29 is 13.6 Å². The second-order valence-corrected chi connectivity index (χ2v) is 8.22. The van der Waals surface area contributed by atoms with Crippen molar-refractivity contribution in [3.8, 4) is 11.4 Å². The minimum Gasteiger partial charge on any atom is -0.342 e. The number of thioether (sulfide) groups is 1. The van der Waals surface area contributed by atoms with Gasteiger partial charge in [0.1, 0.15) is 5.03 Å². The van der Waals surface area contributed by atoms with Crippen LogP contribution in [0.5, 0.6) is 0 Å². The molecule has 29 heavy (non-hydrogen) atoms. The molecule has 0 saturated carbocycles. The van der Waals surface area contributed by atoms with Gasteiger partial charge in [-0.1, -0.05) is 18.7 Å². The van der Waals surface area contributed by atoms with E-state index in [0.29, 0.717) is 28.5 Å². The Bertz CT molecular complexity index is 1030. The first-order chi connectivity index (χ1) is 14.1. The van der Waals surface area contributed by atoms with Gasteiger partial charge in [0, 0.05) is 18.7 Å². The molecule has 0 N–H and O–H groups in total. The van der Waals surface area contributed by atoms with Crippen LogP contribution in [0, 0.1) is 11.6 Å². The van der Waals surface area contributed by atoms with Crippen LogP contribution < -0.4 is 0 Å². The molecule has 0 bridgehead atoms. The SMILES string of the molecule is CCC(Sc1ccc2nnc(-c3ccc(F)c(F)c3)n2n1)C(=O)N1CCCCC1. The van der Waals surface area contributed by atoms with E-state index in [0.717, 1.165) is 38.1 Å². The van der Waals surface area contributed by atoms with Crippen molar-refractivity contribution in [1.29, 1.82) is 0 Å². The standard InChI is InChI=1S/C20H21F2N5OS/c1-2-16(20(28)26-10-4-3-5-11-26)29-18-9-8-17-23-24-19(27(17)25-18)13-6-7-14(21)15(22)12-13/h6-9,12,16H,2-5,10-11H2,1H3. The van der Waals surface area contributed by atoms with Crippen molar-refractivity contribution in [3.63, 3.8) is 0 Å². The average Bonchev–Trinajstić information content (AvgIpc) is 3.17. The molecule has 1 unspecified atom stereocenters. The number of halogens is 2. The molecule has 3 heterocycles. The summed E-state index contributed by atoms with van der Waals surface area (Å²) in [6.45, 7) is 3.62. The molecule has 0 spiro atoms. The molecule has 1 aliphatic rings. The van der Waals surface area contributed by atoms with Gasteiger partial charge in [0.05, 0.1) is 5.25 Å². The van der Waals surface area contributed by atoms with Crippen LogP contribution in [0.3, 0.4) is 0 Å². The molecule has 4 rings (SSSR count). The van der Waals surface area contributed by atoms with Gasteiger partial charge in [-0.05, 0) is 56.0 Å². The number of hydrogen-bond donors (Lipinski definition) is 0. The number of piperidine rings is 1. The summed E-state index contributed by atoms with van der Waals surface area (Å²) in [4.78, 5) is 14.8. The molecule has 1 aliphatic heterocycles. The number of hydrogen-bond acceptors (Lipinski definition) is 5. The third-order valence-electron chi connectivity index (χ3n) is 4.99. The zero-order chi connectivity index (χ0) is 20.4. The number of aromatic nitrogens is 4. The van der Waals surface area contributed by atoms with Crippen molar-refractivity contribution in [2.75, 3.05) is 13.1 Å². The van der Waals surface area contributed by atoms with Gasteiger partial charge >= 0.3 is 0 Å². The first-order valence-electron chi connectivity index (χ1n) is 9.70. The lowest BCUT2D eigenvalue weighted by Gasteiger charge is -2.29. The summed E-state index contributed by atoms with van der Waals surface area (Å²) in [6.07, 6.45) is 3.97. The minimum absolute atomic E-state index is 0.142. The van der Waals surface area contributed by atoms with E-state index in [2.05, 4.69) is 15.3 Å². The molecule has 1 aromatic carbocycles. The summed E-state index contributed by atoms with van der Waals surface area (Å²) in [5.74, 6) is -1.42. The predicted octanol–water partition coefficient (Wildman–Crippen LogP) is 3.95. The van der Waals surface area contributed by atoms with E-state index in [4.69, 9.17) is 0 Å². The normalized spacial score (nSPS) is 15.6. The number of nitrogens with zero attached hydrogens (tertiary/aromatic N) is 5. The zero-order valence-corrected chi connectivity index (χ0v) is 16.8. The van der Waals surface area contributed by atoms with Gasteiger partial charge in [-0.25, -0.2) is 8.78 Å². The molecule has 1 atom stereocenters. The summed E-state index contributed by atoms with van der Waals surface area (Å²) in [5.41, 5.74) is 0.868. The van der Waals surface area contributed by atoms with Gasteiger partial charge in [-0.3, -0.25) is 4.79 Å². The van der Waals surface area contributed by atoms with E-state index >= 15 is 0 Å². The van der Waals surface area contributed by atoms with Gasteiger partial charge < -0.3 is 4.90 Å². The monoisotopic (exact) mass is 417 g/mol. The summed E-state index contributed by atoms with van der Waals surface area (Å²) in [7, 11) is 0. The fraction of sp³-hybridized carbons (Fsp3) is 0.400. The predicted molar refractivity (Wildman–Crippen MR) is 107 cm³/mol. The van der Waals surface area contributed by atoms with Gasteiger partial charge in [-0.15, -0.1) is 10.2 Å².